The van der Waals surface area contributed by atoms with Gasteiger partial charge in [0.05, 0.1) is 6.04 Å². The van der Waals surface area contributed by atoms with Crippen LogP contribution >= 0.6 is 11.6 Å². The smallest absolute Gasteiger partial charge is 0.254 e. The third kappa shape index (κ3) is 2.93. The summed E-state index contributed by atoms with van der Waals surface area (Å²) in [5.41, 5.74) is 0.325. The number of rotatable bonds is 3. The van der Waals surface area contributed by atoms with Gasteiger partial charge in [-0.1, -0.05) is 23.7 Å². The molecule has 1 amide bonds. The molecule has 1 aromatic rings. The first kappa shape index (κ1) is 14.4. The van der Waals surface area contributed by atoms with E-state index in [9.17, 15) is 4.79 Å². The number of likely N-dealkylation sites (tertiary alicyclic amines) is 1. The van der Waals surface area contributed by atoms with E-state index >= 15 is 0 Å². The summed E-state index contributed by atoms with van der Waals surface area (Å²) in [6.45, 7) is 4.40. The van der Waals surface area contributed by atoms with E-state index in [1.807, 2.05) is 43.0 Å². The van der Waals surface area contributed by atoms with Crippen LogP contribution in [0.4, 0.5) is 0 Å². The molecule has 2 rings (SSSR count). The van der Waals surface area contributed by atoms with Crippen molar-refractivity contribution in [2.24, 2.45) is 0 Å². The molecule has 1 fully saturated rings. The van der Waals surface area contributed by atoms with Crippen LogP contribution < -0.4 is 0 Å². The van der Waals surface area contributed by atoms with Crippen LogP contribution in [-0.4, -0.2) is 30.1 Å². The van der Waals surface area contributed by atoms with Gasteiger partial charge in [0.2, 0.25) is 0 Å². The maximum absolute atomic E-state index is 12.5. The lowest BCUT2D eigenvalue weighted by Crippen LogP contribution is -2.46. The number of methoxy groups -OCH3 is 1. The predicted octanol–water partition coefficient (Wildman–Crippen LogP) is 3.43. The van der Waals surface area contributed by atoms with Crippen LogP contribution in [-0.2, 0) is 9.53 Å². The summed E-state index contributed by atoms with van der Waals surface area (Å²) in [4.78, 5) is 14.4. The van der Waals surface area contributed by atoms with Crippen LogP contribution in [0.25, 0.3) is 0 Å². The lowest BCUT2D eigenvalue weighted by atomic mass is 10.0. The second-order valence-electron chi connectivity index (χ2n) is 5.43. The Bertz CT molecular complexity index is 473. The van der Waals surface area contributed by atoms with Crippen molar-refractivity contribution < 1.29 is 9.53 Å². The number of benzene rings is 1. The number of hydrogen-bond acceptors (Lipinski definition) is 2. The predicted molar refractivity (Wildman–Crippen MR) is 76.2 cm³/mol. The largest absolute Gasteiger partial charge is 0.369 e. The number of nitrogens with zero attached hydrogens (tertiary/aromatic N) is 1. The van der Waals surface area contributed by atoms with Gasteiger partial charge in [0, 0.05) is 18.7 Å². The Kier molecular flexibility index (Phi) is 4.16. The van der Waals surface area contributed by atoms with E-state index in [0.29, 0.717) is 5.02 Å². The highest BCUT2D eigenvalue weighted by atomic mass is 35.5. The van der Waals surface area contributed by atoms with E-state index in [-0.39, 0.29) is 11.9 Å². The molecule has 0 radical (unpaired) electrons. The van der Waals surface area contributed by atoms with E-state index in [0.717, 1.165) is 24.9 Å². The molecule has 0 N–H and O–H groups in total. The Hall–Kier alpha value is -1.06. The van der Waals surface area contributed by atoms with E-state index in [2.05, 4.69) is 0 Å². The Morgan fingerprint density at radius 1 is 1.47 bits per heavy atom. The van der Waals surface area contributed by atoms with Gasteiger partial charge in [0.15, 0.2) is 0 Å². The molecule has 0 saturated carbocycles. The monoisotopic (exact) mass is 281 g/mol. The van der Waals surface area contributed by atoms with Crippen LogP contribution in [0.15, 0.2) is 24.3 Å². The number of halogens is 1. The Morgan fingerprint density at radius 2 is 2.21 bits per heavy atom. The number of hydrogen-bond donors (Lipinski definition) is 0. The molecule has 1 saturated heterocycles. The van der Waals surface area contributed by atoms with Gasteiger partial charge in [0.1, 0.15) is 5.60 Å². The van der Waals surface area contributed by atoms with E-state index < -0.39 is 5.60 Å². The molecule has 1 heterocycles. The fourth-order valence-electron chi connectivity index (χ4n) is 2.50. The number of carbonyl (C=O) groups is 1. The Labute approximate surface area is 119 Å². The minimum absolute atomic E-state index is 0.0393. The average Bonchev–Trinajstić information content (AvgIpc) is 2.86. The third-order valence-corrected chi connectivity index (χ3v) is 4.01. The van der Waals surface area contributed by atoms with Crippen molar-refractivity contribution in [1.82, 2.24) is 4.90 Å². The van der Waals surface area contributed by atoms with Crippen LogP contribution in [0.3, 0.4) is 0 Å². The third-order valence-electron chi connectivity index (χ3n) is 3.77. The minimum atomic E-state index is -0.777. The minimum Gasteiger partial charge on any atom is -0.369 e. The summed E-state index contributed by atoms with van der Waals surface area (Å²) in [5, 5.41) is 0.711. The second kappa shape index (κ2) is 5.51. The Balaban J connectivity index is 2.24. The topological polar surface area (TPSA) is 29.5 Å². The van der Waals surface area contributed by atoms with E-state index in [4.69, 9.17) is 16.3 Å². The zero-order chi connectivity index (χ0) is 14.0. The van der Waals surface area contributed by atoms with Crippen molar-refractivity contribution in [3.8, 4) is 0 Å². The molecule has 1 aliphatic rings. The highest BCUT2D eigenvalue weighted by molar-refractivity contribution is 6.30. The zero-order valence-electron chi connectivity index (χ0n) is 11.6. The molecule has 1 aromatic carbocycles. The first-order valence-electron chi connectivity index (χ1n) is 6.57. The van der Waals surface area contributed by atoms with Gasteiger partial charge in [-0.25, -0.2) is 0 Å². The lowest BCUT2D eigenvalue weighted by molar-refractivity contribution is -0.152. The van der Waals surface area contributed by atoms with Crippen molar-refractivity contribution in [3.63, 3.8) is 0 Å². The van der Waals surface area contributed by atoms with Crippen LogP contribution in [0.2, 0.25) is 5.02 Å². The van der Waals surface area contributed by atoms with Gasteiger partial charge in [-0.05, 0) is 44.4 Å². The van der Waals surface area contributed by atoms with Crippen LogP contribution in [0.5, 0.6) is 0 Å². The van der Waals surface area contributed by atoms with Crippen molar-refractivity contribution in [3.05, 3.63) is 34.9 Å². The molecule has 19 heavy (non-hydrogen) atoms. The molecule has 1 atom stereocenters. The molecule has 0 aromatic heterocycles. The van der Waals surface area contributed by atoms with Gasteiger partial charge >= 0.3 is 0 Å². The molecular weight excluding hydrogens is 262 g/mol. The summed E-state index contributed by atoms with van der Waals surface area (Å²) in [5.74, 6) is 0.0393. The van der Waals surface area contributed by atoms with E-state index in [1.165, 1.54) is 0 Å². The molecule has 4 heteroatoms. The fourth-order valence-corrected chi connectivity index (χ4v) is 2.70. The zero-order valence-corrected chi connectivity index (χ0v) is 12.4. The summed E-state index contributed by atoms with van der Waals surface area (Å²) in [7, 11) is 1.57. The first-order valence-corrected chi connectivity index (χ1v) is 6.95. The highest BCUT2D eigenvalue weighted by Gasteiger charge is 2.38. The molecule has 1 aliphatic heterocycles. The van der Waals surface area contributed by atoms with Gasteiger partial charge in [-0.2, -0.15) is 0 Å². The summed E-state index contributed by atoms with van der Waals surface area (Å²) < 4.78 is 5.30. The number of ether oxygens (including phenoxy) is 1. The van der Waals surface area contributed by atoms with E-state index in [1.54, 1.807) is 7.11 Å². The van der Waals surface area contributed by atoms with Crippen molar-refractivity contribution in [1.29, 1.82) is 0 Å². The SMILES string of the molecule is COC(C)(C)C(=O)N1CCCC1c1cccc(Cl)c1. The molecular formula is C15H20ClNO2. The molecule has 104 valence electrons. The maximum atomic E-state index is 12.5. The van der Waals surface area contributed by atoms with Crippen LogP contribution in [0, 0.1) is 0 Å². The van der Waals surface area contributed by atoms with Crippen molar-refractivity contribution >= 4 is 17.5 Å². The number of amides is 1. The highest BCUT2D eigenvalue weighted by Crippen LogP contribution is 2.34. The van der Waals surface area contributed by atoms with Gasteiger partial charge in [-0.3, -0.25) is 4.79 Å². The van der Waals surface area contributed by atoms with Gasteiger partial charge in [-0.15, -0.1) is 0 Å². The quantitative estimate of drug-likeness (QED) is 0.849. The summed E-state index contributed by atoms with van der Waals surface area (Å²) in [6, 6.07) is 7.87. The molecule has 1 unspecified atom stereocenters. The molecule has 0 bridgehead atoms. The number of carbonyl (C=O) groups excluding carboxylic acids is 1. The molecule has 0 spiro atoms. The second-order valence-corrected chi connectivity index (χ2v) is 5.86. The molecule has 0 aliphatic carbocycles. The normalized spacial score (nSPS) is 19.8. The van der Waals surface area contributed by atoms with Crippen molar-refractivity contribution in [2.45, 2.75) is 38.3 Å². The summed E-state index contributed by atoms with van der Waals surface area (Å²) >= 11 is 6.04. The first-order chi connectivity index (χ1) is 8.95. The summed E-state index contributed by atoms with van der Waals surface area (Å²) in [6.07, 6.45) is 1.99. The maximum Gasteiger partial charge on any atom is 0.254 e. The van der Waals surface area contributed by atoms with Crippen molar-refractivity contribution in [2.75, 3.05) is 13.7 Å². The van der Waals surface area contributed by atoms with Gasteiger partial charge < -0.3 is 9.64 Å². The van der Waals surface area contributed by atoms with Gasteiger partial charge in [0.25, 0.3) is 5.91 Å². The molecule has 3 nitrogen and oxygen atoms in total. The van der Waals surface area contributed by atoms with Crippen LogP contribution in [0.1, 0.15) is 38.3 Å². The lowest BCUT2D eigenvalue weighted by Gasteiger charge is -2.32. The standard InChI is InChI=1S/C15H20ClNO2/c1-15(2,19-3)14(18)17-9-5-8-13(17)11-6-4-7-12(16)10-11/h4,6-7,10,13H,5,8-9H2,1-3H3. The Morgan fingerprint density at radius 3 is 2.84 bits per heavy atom. The fraction of sp³-hybridized carbons (Fsp3) is 0.533. The average molecular weight is 282 g/mol.